The molecule has 3 unspecified atom stereocenters. The number of hydrogen-bond donors (Lipinski definition) is 1. The van der Waals surface area contributed by atoms with Crippen molar-refractivity contribution in [3.05, 3.63) is 60.2 Å². The Morgan fingerprint density at radius 3 is 2.35 bits per heavy atom. The van der Waals surface area contributed by atoms with Crippen molar-refractivity contribution >= 4 is 22.6 Å². The second-order valence-corrected chi connectivity index (χ2v) is 9.55. The van der Waals surface area contributed by atoms with Crippen LogP contribution in [0.1, 0.15) is 44.6 Å². The van der Waals surface area contributed by atoms with E-state index >= 15 is 0 Å². The molecule has 0 saturated carbocycles. The summed E-state index contributed by atoms with van der Waals surface area (Å²) in [7, 11) is 0.168. The van der Waals surface area contributed by atoms with Crippen LogP contribution in [0.25, 0.3) is 0 Å². The van der Waals surface area contributed by atoms with E-state index in [0.29, 0.717) is 17.2 Å². The maximum Gasteiger partial charge on any atom is 0.346 e. The van der Waals surface area contributed by atoms with Crippen molar-refractivity contribution in [1.82, 2.24) is 5.43 Å². The molecule has 0 bridgehead atoms. The standard InChI is InChI=1S/C24H30N2O4S/c1-19(27)25-26(17-9-4-3-6-10-20-11-7-5-8-12-20)23(28)18-24(26)31(29)22-15-13-21(30-2)14-16-22/h5,7-8,11-16,24H,3-4,6,9-10,17-18H2,1-2H3/p+1. The highest BCUT2D eigenvalue weighted by Gasteiger charge is 2.60. The summed E-state index contributed by atoms with van der Waals surface area (Å²) in [5.74, 6) is 0.323. The zero-order valence-corrected chi connectivity index (χ0v) is 19.0. The maximum atomic E-state index is 13.2. The minimum absolute atomic E-state index is 0.0775. The van der Waals surface area contributed by atoms with Crippen molar-refractivity contribution < 1.29 is 23.1 Å². The van der Waals surface area contributed by atoms with Gasteiger partial charge in [0.2, 0.25) is 5.37 Å². The van der Waals surface area contributed by atoms with Gasteiger partial charge in [-0.2, -0.15) is 5.43 Å². The number of methoxy groups -OCH3 is 1. The smallest absolute Gasteiger partial charge is 0.346 e. The molecule has 1 saturated heterocycles. The van der Waals surface area contributed by atoms with Gasteiger partial charge in [-0.25, -0.2) is 9.00 Å². The number of rotatable bonds is 11. The second-order valence-electron chi connectivity index (χ2n) is 7.94. The SMILES string of the molecule is COc1ccc(S(=O)C2CC(=O)[N+]2(CCCCCCc2ccccc2)NC(C)=O)cc1. The summed E-state index contributed by atoms with van der Waals surface area (Å²) in [5.41, 5.74) is 4.14. The van der Waals surface area contributed by atoms with Gasteiger partial charge in [0.25, 0.3) is 5.91 Å². The van der Waals surface area contributed by atoms with Gasteiger partial charge in [-0.1, -0.05) is 36.8 Å². The van der Waals surface area contributed by atoms with Crippen molar-refractivity contribution in [2.45, 2.75) is 55.7 Å². The van der Waals surface area contributed by atoms with Crippen molar-refractivity contribution in [2.24, 2.45) is 0 Å². The summed E-state index contributed by atoms with van der Waals surface area (Å²) in [6.07, 6.45) is 5.12. The average molecular weight is 444 g/mol. The number of hydrogen-bond acceptors (Lipinski definition) is 4. The summed E-state index contributed by atoms with van der Waals surface area (Å²) in [6.45, 7) is 1.87. The Morgan fingerprint density at radius 1 is 1.06 bits per heavy atom. The molecule has 2 amide bonds. The number of carbonyl (C=O) groups is 2. The number of aryl methyl sites for hydroxylation is 1. The minimum atomic E-state index is -1.41. The lowest BCUT2D eigenvalue weighted by atomic mass is 10.1. The van der Waals surface area contributed by atoms with Crippen molar-refractivity contribution in [1.29, 1.82) is 0 Å². The Morgan fingerprint density at radius 2 is 1.74 bits per heavy atom. The van der Waals surface area contributed by atoms with Gasteiger partial charge in [-0.3, -0.25) is 4.79 Å². The van der Waals surface area contributed by atoms with Crippen LogP contribution >= 0.6 is 0 Å². The molecule has 6 nitrogen and oxygen atoms in total. The quantitative estimate of drug-likeness (QED) is 0.326. The predicted molar refractivity (Wildman–Crippen MR) is 120 cm³/mol. The summed E-state index contributed by atoms with van der Waals surface area (Å²) in [4.78, 5) is 25.2. The van der Waals surface area contributed by atoms with E-state index in [0.717, 1.165) is 32.1 Å². The molecule has 3 atom stereocenters. The third kappa shape index (κ3) is 5.60. The molecule has 0 radical (unpaired) electrons. The Balaban J connectivity index is 1.59. The molecule has 1 N–H and O–H groups in total. The van der Waals surface area contributed by atoms with Gasteiger partial charge in [-0.05, 0) is 55.5 Å². The highest BCUT2D eigenvalue weighted by Crippen LogP contribution is 2.34. The van der Waals surface area contributed by atoms with E-state index in [1.165, 1.54) is 12.5 Å². The summed E-state index contributed by atoms with van der Waals surface area (Å²) in [6, 6.07) is 17.4. The van der Waals surface area contributed by atoms with Crippen LogP contribution in [0.3, 0.4) is 0 Å². The Bertz CT molecular complexity index is 917. The first-order chi connectivity index (χ1) is 15.0. The van der Waals surface area contributed by atoms with Crippen LogP contribution < -0.4 is 10.2 Å². The predicted octanol–water partition coefficient (Wildman–Crippen LogP) is 3.73. The van der Waals surface area contributed by atoms with E-state index in [4.69, 9.17) is 4.74 Å². The highest BCUT2D eigenvalue weighted by atomic mass is 32.2. The lowest BCUT2D eigenvalue weighted by Crippen LogP contribution is -2.77. The normalized spacial score (nSPS) is 21.2. The monoisotopic (exact) mass is 443 g/mol. The first-order valence-electron chi connectivity index (χ1n) is 10.7. The van der Waals surface area contributed by atoms with E-state index in [9.17, 15) is 13.8 Å². The number of nitrogens with zero attached hydrogens (tertiary/aromatic N) is 1. The fourth-order valence-electron chi connectivity index (χ4n) is 4.05. The number of unbranched alkanes of at least 4 members (excludes halogenated alkanes) is 3. The van der Waals surface area contributed by atoms with Gasteiger partial charge in [-0.15, -0.1) is 4.59 Å². The minimum Gasteiger partial charge on any atom is -0.497 e. The summed E-state index contributed by atoms with van der Waals surface area (Å²) < 4.78 is 18.2. The van der Waals surface area contributed by atoms with E-state index in [1.807, 2.05) is 6.07 Å². The number of quaternary nitrogens is 1. The van der Waals surface area contributed by atoms with Crippen LogP contribution in [0, 0.1) is 0 Å². The van der Waals surface area contributed by atoms with Crippen LogP contribution in [-0.4, -0.2) is 39.6 Å². The molecular formula is C24H31N2O4S+. The first kappa shape index (κ1) is 23.2. The Hall–Kier alpha value is -2.51. The molecule has 1 heterocycles. The maximum absolute atomic E-state index is 13.2. The first-order valence-corrected chi connectivity index (χ1v) is 12.0. The van der Waals surface area contributed by atoms with Crippen molar-refractivity contribution in [3.63, 3.8) is 0 Å². The van der Waals surface area contributed by atoms with Gasteiger partial charge in [0, 0.05) is 11.8 Å². The summed E-state index contributed by atoms with van der Waals surface area (Å²) >= 11 is 0. The lowest BCUT2D eigenvalue weighted by Gasteiger charge is -2.46. The molecule has 0 spiro atoms. The third-order valence-electron chi connectivity index (χ3n) is 5.75. The molecular weight excluding hydrogens is 412 g/mol. The van der Waals surface area contributed by atoms with Crippen LogP contribution in [0.4, 0.5) is 0 Å². The molecule has 31 heavy (non-hydrogen) atoms. The number of nitrogens with one attached hydrogen (secondary N) is 1. The van der Waals surface area contributed by atoms with Crippen LogP contribution in [0.5, 0.6) is 5.75 Å². The second kappa shape index (κ2) is 10.7. The lowest BCUT2D eigenvalue weighted by molar-refractivity contribution is -0.924. The highest BCUT2D eigenvalue weighted by molar-refractivity contribution is 7.85. The van der Waals surface area contributed by atoms with Gasteiger partial charge >= 0.3 is 5.91 Å². The van der Waals surface area contributed by atoms with Gasteiger partial charge in [0.1, 0.15) is 29.5 Å². The fraction of sp³-hybridized carbons (Fsp3) is 0.417. The number of benzene rings is 2. The average Bonchev–Trinajstić information content (AvgIpc) is 2.78. The van der Waals surface area contributed by atoms with Crippen molar-refractivity contribution in [3.8, 4) is 5.75 Å². The van der Waals surface area contributed by atoms with Gasteiger partial charge in [0.05, 0.1) is 7.11 Å². The number of ether oxygens (including phenoxy) is 1. The third-order valence-corrected chi connectivity index (χ3v) is 7.51. The topological polar surface area (TPSA) is 72.5 Å². The van der Waals surface area contributed by atoms with E-state index < -0.39 is 16.2 Å². The van der Waals surface area contributed by atoms with E-state index in [2.05, 4.69) is 29.7 Å². The number of likely N-dealkylation sites (tertiary alicyclic amines) is 1. The summed E-state index contributed by atoms with van der Waals surface area (Å²) in [5, 5.41) is -0.464. The van der Waals surface area contributed by atoms with Crippen LogP contribution in [-0.2, 0) is 26.8 Å². The number of amides is 2. The fourth-order valence-corrected chi connectivity index (χ4v) is 5.67. The Labute approximate surface area is 186 Å². The molecule has 2 aromatic rings. The molecule has 166 valence electrons. The van der Waals surface area contributed by atoms with Gasteiger partial charge < -0.3 is 4.74 Å². The van der Waals surface area contributed by atoms with E-state index in [1.54, 1.807) is 31.4 Å². The largest absolute Gasteiger partial charge is 0.497 e. The van der Waals surface area contributed by atoms with Gasteiger partial charge in [0.15, 0.2) is 0 Å². The Kier molecular flexibility index (Phi) is 7.98. The molecule has 2 aromatic carbocycles. The van der Waals surface area contributed by atoms with Crippen molar-refractivity contribution in [2.75, 3.05) is 13.7 Å². The van der Waals surface area contributed by atoms with Crippen LogP contribution in [0.15, 0.2) is 59.5 Å². The number of carbonyl (C=O) groups excluding carboxylic acids is 2. The molecule has 1 fully saturated rings. The molecule has 0 aliphatic carbocycles. The molecule has 1 aliphatic rings. The zero-order chi connectivity index (χ0) is 22.3. The molecule has 0 aromatic heterocycles. The number of β-lactam (4-membered cyclic amide) rings is 1. The van der Waals surface area contributed by atoms with Crippen LogP contribution in [0.2, 0.25) is 0 Å². The zero-order valence-electron chi connectivity index (χ0n) is 18.2. The molecule has 1 aliphatic heterocycles. The molecule has 7 heteroatoms. The molecule has 3 rings (SSSR count). The van der Waals surface area contributed by atoms with E-state index in [-0.39, 0.29) is 22.8 Å².